The summed E-state index contributed by atoms with van der Waals surface area (Å²) in [5.41, 5.74) is 1.31. The Kier molecular flexibility index (Phi) is 6.44. The predicted molar refractivity (Wildman–Crippen MR) is 68.3 cm³/mol. The largest absolute Gasteiger partial charge is 0.310 e. The van der Waals surface area contributed by atoms with E-state index in [9.17, 15) is 0 Å². The van der Waals surface area contributed by atoms with E-state index in [1.165, 1.54) is 24.2 Å². The van der Waals surface area contributed by atoms with E-state index in [1.54, 1.807) is 0 Å². The van der Waals surface area contributed by atoms with Crippen LogP contribution in [-0.2, 0) is 0 Å². The molecule has 0 saturated carbocycles. The van der Waals surface area contributed by atoms with Crippen LogP contribution in [0.3, 0.4) is 0 Å². The van der Waals surface area contributed by atoms with Crippen LogP contribution in [-0.4, -0.2) is 23.5 Å². The Balaban J connectivity index is 2.55. The van der Waals surface area contributed by atoms with Crippen LogP contribution in [0.2, 0.25) is 0 Å². The second-order valence-corrected chi connectivity index (χ2v) is 4.56. The highest BCUT2D eigenvalue weighted by atomic mass is 32.2. The van der Waals surface area contributed by atoms with Crippen LogP contribution < -0.4 is 5.32 Å². The molecule has 0 aliphatic carbocycles. The molecule has 0 amide bonds. The number of hydrogen-bond acceptors (Lipinski definition) is 3. The van der Waals surface area contributed by atoms with Gasteiger partial charge in [0.15, 0.2) is 0 Å². The smallest absolute Gasteiger partial charge is 0.0343 e. The molecule has 1 aromatic rings. The van der Waals surface area contributed by atoms with E-state index in [-0.39, 0.29) is 0 Å². The van der Waals surface area contributed by atoms with E-state index >= 15 is 0 Å². The Morgan fingerprint density at radius 2 is 2.40 bits per heavy atom. The predicted octanol–water partition coefficient (Wildman–Crippen LogP) is 2.88. The molecule has 0 fully saturated rings. The van der Waals surface area contributed by atoms with Crippen molar-refractivity contribution in [1.29, 1.82) is 0 Å². The van der Waals surface area contributed by atoms with Crippen LogP contribution in [0.4, 0.5) is 0 Å². The van der Waals surface area contributed by atoms with Crippen molar-refractivity contribution in [3.63, 3.8) is 0 Å². The Morgan fingerprint density at radius 3 is 3.00 bits per heavy atom. The first-order valence-corrected chi connectivity index (χ1v) is 6.90. The molecule has 0 saturated heterocycles. The van der Waals surface area contributed by atoms with Gasteiger partial charge in [0.05, 0.1) is 0 Å². The number of pyridine rings is 1. The van der Waals surface area contributed by atoms with E-state index in [0.717, 1.165) is 6.54 Å². The molecule has 84 valence electrons. The third kappa shape index (κ3) is 4.67. The second kappa shape index (κ2) is 7.71. The third-order valence-corrected chi connectivity index (χ3v) is 2.98. The summed E-state index contributed by atoms with van der Waals surface area (Å²) in [4.78, 5) is 4.17. The van der Waals surface area contributed by atoms with Crippen molar-refractivity contribution >= 4 is 11.8 Å². The van der Waals surface area contributed by atoms with Crippen LogP contribution in [0, 0.1) is 0 Å². The molecular weight excluding hydrogens is 204 g/mol. The van der Waals surface area contributed by atoms with Crippen LogP contribution in [0.1, 0.15) is 31.4 Å². The summed E-state index contributed by atoms with van der Waals surface area (Å²) in [5, 5.41) is 3.57. The van der Waals surface area contributed by atoms with E-state index < -0.39 is 0 Å². The quantitative estimate of drug-likeness (QED) is 0.771. The van der Waals surface area contributed by atoms with Crippen molar-refractivity contribution in [2.45, 2.75) is 25.8 Å². The second-order valence-electron chi connectivity index (χ2n) is 3.57. The van der Waals surface area contributed by atoms with Gasteiger partial charge in [-0.1, -0.05) is 13.0 Å². The van der Waals surface area contributed by atoms with Gasteiger partial charge in [-0.25, -0.2) is 0 Å². The first kappa shape index (κ1) is 12.5. The highest BCUT2D eigenvalue weighted by molar-refractivity contribution is 7.98. The normalized spacial score (nSPS) is 12.7. The molecule has 1 heterocycles. The lowest BCUT2D eigenvalue weighted by Gasteiger charge is -2.17. The number of thioether (sulfide) groups is 1. The van der Waals surface area contributed by atoms with Crippen molar-refractivity contribution in [2.75, 3.05) is 18.6 Å². The molecule has 1 atom stereocenters. The van der Waals surface area contributed by atoms with Crippen LogP contribution >= 0.6 is 11.8 Å². The third-order valence-electron chi connectivity index (χ3n) is 2.34. The van der Waals surface area contributed by atoms with Gasteiger partial charge < -0.3 is 5.32 Å². The Morgan fingerprint density at radius 1 is 1.53 bits per heavy atom. The molecular formula is C12H20N2S. The van der Waals surface area contributed by atoms with Gasteiger partial charge in [-0.05, 0) is 43.0 Å². The average molecular weight is 224 g/mol. The fourth-order valence-electron chi connectivity index (χ4n) is 1.52. The van der Waals surface area contributed by atoms with Gasteiger partial charge in [-0.2, -0.15) is 11.8 Å². The summed E-state index contributed by atoms with van der Waals surface area (Å²) in [6, 6.07) is 4.63. The number of aromatic nitrogens is 1. The van der Waals surface area contributed by atoms with Crippen molar-refractivity contribution in [3.8, 4) is 0 Å². The lowest BCUT2D eigenvalue weighted by Crippen LogP contribution is -2.22. The van der Waals surface area contributed by atoms with Crippen molar-refractivity contribution < 1.29 is 0 Å². The average Bonchev–Trinajstić information content (AvgIpc) is 2.30. The standard InChI is InChI=1S/C12H20N2S/c1-3-7-14-12(6-9-15-2)11-5-4-8-13-10-11/h4-5,8,10,12,14H,3,6-7,9H2,1-2H3. The van der Waals surface area contributed by atoms with Gasteiger partial charge in [0, 0.05) is 18.4 Å². The minimum Gasteiger partial charge on any atom is -0.310 e. The van der Waals surface area contributed by atoms with Gasteiger partial charge >= 0.3 is 0 Å². The van der Waals surface area contributed by atoms with Gasteiger partial charge in [0.1, 0.15) is 0 Å². The van der Waals surface area contributed by atoms with Gasteiger partial charge in [-0.15, -0.1) is 0 Å². The zero-order valence-electron chi connectivity index (χ0n) is 9.57. The summed E-state index contributed by atoms with van der Waals surface area (Å²) in [6.07, 6.45) is 8.30. The zero-order valence-corrected chi connectivity index (χ0v) is 10.4. The summed E-state index contributed by atoms with van der Waals surface area (Å²) in [7, 11) is 0. The highest BCUT2D eigenvalue weighted by Gasteiger charge is 2.09. The molecule has 1 aromatic heterocycles. The summed E-state index contributed by atoms with van der Waals surface area (Å²) < 4.78 is 0. The first-order valence-electron chi connectivity index (χ1n) is 5.50. The molecule has 0 spiro atoms. The maximum atomic E-state index is 4.17. The first-order chi connectivity index (χ1) is 7.38. The SMILES string of the molecule is CCCNC(CCSC)c1cccnc1. The Hall–Kier alpha value is -0.540. The highest BCUT2D eigenvalue weighted by Crippen LogP contribution is 2.17. The molecule has 1 unspecified atom stereocenters. The summed E-state index contributed by atoms with van der Waals surface area (Å²) >= 11 is 1.90. The molecule has 0 aliphatic rings. The van der Waals surface area contributed by atoms with Crippen molar-refractivity contribution in [2.24, 2.45) is 0 Å². The monoisotopic (exact) mass is 224 g/mol. The number of rotatable bonds is 7. The maximum absolute atomic E-state index is 4.17. The van der Waals surface area contributed by atoms with Crippen LogP contribution in [0.25, 0.3) is 0 Å². The minimum atomic E-state index is 0.464. The number of nitrogens with one attached hydrogen (secondary N) is 1. The number of hydrogen-bond donors (Lipinski definition) is 1. The molecule has 0 aromatic carbocycles. The van der Waals surface area contributed by atoms with Gasteiger partial charge in [0.25, 0.3) is 0 Å². The van der Waals surface area contributed by atoms with Crippen LogP contribution in [0.15, 0.2) is 24.5 Å². The lowest BCUT2D eigenvalue weighted by atomic mass is 10.1. The molecule has 3 heteroatoms. The molecule has 1 N–H and O–H groups in total. The topological polar surface area (TPSA) is 24.9 Å². The van der Waals surface area contributed by atoms with Crippen LogP contribution in [0.5, 0.6) is 0 Å². The molecule has 0 aliphatic heterocycles. The Bertz CT molecular complexity index is 243. The van der Waals surface area contributed by atoms with Gasteiger partial charge in [-0.3, -0.25) is 4.98 Å². The van der Waals surface area contributed by atoms with E-state index in [0.29, 0.717) is 6.04 Å². The molecule has 1 rings (SSSR count). The fourth-order valence-corrected chi connectivity index (χ4v) is 1.99. The number of nitrogens with zero attached hydrogens (tertiary/aromatic N) is 1. The van der Waals surface area contributed by atoms with Crippen molar-refractivity contribution in [3.05, 3.63) is 30.1 Å². The molecule has 15 heavy (non-hydrogen) atoms. The Labute approximate surface area is 96.9 Å². The molecule has 2 nitrogen and oxygen atoms in total. The lowest BCUT2D eigenvalue weighted by molar-refractivity contribution is 0.520. The summed E-state index contributed by atoms with van der Waals surface area (Å²) in [5.74, 6) is 1.19. The molecule has 0 bridgehead atoms. The van der Waals surface area contributed by atoms with E-state index in [1.807, 2.05) is 30.2 Å². The fraction of sp³-hybridized carbons (Fsp3) is 0.583. The van der Waals surface area contributed by atoms with Crippen molar-refractivity contribution in [1.82, 2.24) is 10.3 Å². The maximum Gasteiger partial charge on any atom is 0.0343 e. The molecule has 0 radical (unpaired) electrons. The minimum absolute atomic E-state index is 0.464. The zero-order chi connectivity index (χ0) is 10.9. The van der Waals surface area contributed by atoms with Gasteiger partial charge in [0.2, 0.25) is 0 Å². The summed E-state index contributed by atoms with van der Waals surface area (Å²) in [6.45, 7) is 3.27. The van der Waals surface area contributed by atoms with E-state index in [2.05, 4.69) is 29.5 Å². The van der Waals surface area contributed by atoms with E-state index in [4.69, 9.17) is 0 Å².